The maximum atomic E-state index is 10.9. The van der Waals surface area contributed by atoms with Gasteiger partial charge in [0.15, 0.2) is 11.6 Å². The maximum Gasteiger partial charge on any atom is 0.195 e. The summed E-state index contributed by atoms with van der Waals surface area (Å²) in [5.41, 5.74) is 0. The molecule has 60 valence electrons. The zero-order valence-electron chi connectivity index (χ0n) is 6.06. The summed E-state index contributed by atoms with van der Waals surface area (Å²) in [5, 5.41) is 0. The Morgan fingerprint density at radius 3 is 2.27 bits per heavy atom. The number of carbonyl (C=O) groups is 1. The molecule has 0 unspecified atom stereocenters. The molecule has 0 bridgehead atoms. The normalized spacial score (nSPS) is 10.2. The molecule has 1 aromatic rings. The molecule has 1 heterocycles. The first kappa shape index (κ1) is 8.93. The average Bonchev–Trinajstić information content (AvgIpc) is 2.17. The summed E-state index contributed by atoms with van der Waals surface area (Å²) >= 11 is 6.47. The van der Waals surface area contributed by atoms with Crippen molar-refractivity contribution in [2.24, 2.45) is 7.05 Å². The van der Waals surface area contributed by atoms with Crippen LogP contribution in [-0.4, -0.2) is 15.3 Å². The van der Waals surface area contributed by atoms with Gasteiger partial charge in [0, 0.05) is 14.0 Å². The Hall–Kier alpha value is -0.160. The number of hydrogen-bond donors (Lipinski definition) is 0. The number of nitrogens with zero attached hydrogens (tertiary/aromatic N) is 2. The fraction of sp³-hybridized carbons (Fsp3) is 0.333. The first-order chi connectivity index (χ1) is 5.04. The molecule has 11 heavy (non-hydrogen) atoms. The minimum atomic E-state index is -0.0427. The van der Waals surface area contributed by atoms with Crippen LogP contribution in [0.25, 0.3) is 0 Å². The lowest BCUT2D eigenvalue weighted by atomic mass is 10.4. The Morgan fingerprint density at radius 2 is 2.09 bits per heavy atom. The van der Waals surface area contributed by atoms with E-state index in [1.165, 1.54) is 6.92 Å². The number of imidazole rings is 1. The van der Waals surface area contributed by atoms with E-state index >= 15 is 0 Å². The summed E-state index contributed by atoms with van der Waals surface area (Å²) in [4.78, 5) is 14.9. The minimum absolute atomic E-state index is 0.0427. The molecule has 0 aliphatic carbocycles. The van der Waals surface area contributed by atoms with Crippen LogP contribution in [0.3, 0.4) is 0 Å². The standard InChI is InChI=1S/C6H6Br2N2O/c1-3(11)6-9-4(7)5(8)10(6)2/h1-2H3. The lowest BCUT2D eigenvalue weighted by Crippen LogP contribution is -2.02. The molecule has 0 N–H and O–H groups in total. The van der Waals surface area contributed by atoms with Crippen molar-refractivity contribution >= 4 is 37.6 Å². The van der Waals surface area contributed by atoms with Crippen molar-refractivity contribution in [3.8, 4) is 0 Å². The molecule has 1 rings (SSSR count). The van der Waals surface area contributed by atoms with Gasteiger partial charge in [0.1, 0.15) is 9.21 Å². The van der Waals surface area contributed by atoms with E-state index in [0.717, 1.165) is 4.60 Å². The van der Waals surface area contributed by atoms with Crippen molar-refractivity contribution in [2.45, 2.75) is 6.92 Å². The zero-order chi connectivity index (χ0) is 8.59. The molecule has 0 fully saturated rings. The van der Waals surface area contributed by atoms with E-state index in [4.69, 9.17) is 0 Å². The molecule has 1 aromatic heterocycles. The third kappa shape index (κ3) is 1.54. The quantitative estimate of drug-likeness (QED) is 0.740. The molecular formula is C6H6Br2N2O. The lowest BCUT2D eigenvalue weighted by molar-refractivity contribution is 0.100. The minimum Gasteiger partial charge on any atom is -0.318 e. The number of carbonyl (C=O) groups excluding carboxylic acids is 1. The molecule has 0 saturated heterocycles. The second-order valence-electron chi connectivity index (χ2n) is 2.13. The Morgan fingerprint density at radius 1 is 1.55 bits per heavy atom. The largest absolute Gasteiger partial charge is 0.318 e. The third-order valence-corrected chi connectivity index (χ3v) is 3.29. The number of aromatic nitrogens is 2. The van der Waals surface area contributed by atoms with Crippen LogP contribution in [0, 0.1) is 0 Å². The topological polar surface area (TPSA) is 34.9 Å². The summed E-state index contributed by atoms with van der Waals surface area (Å²) in [6, 6.07) is 0. The van der Waals surface area contributed by atoms with Gasteiger partial charge in [-0.2, -0.15) is 0 Å². The van der Waals surface area contributed by atoms with Crippen LogP contribution in [0.4, 0.5) is 0 Å². The van der Waals surface area contributed by atoms with Crippen molar-refractivity contribution in [3.05, 3.63) is 15.0 Å². The molecular weight excluding hydrogens is 276 g/mol. The van der Waals surface area contributed by atoms with E-state index in [1.54, 1.807) is 11.6 Å². The SMILES string of the molecule is CC(=O)c1nc(Br)c(Br)n1C. The molecule has 0 aliphatic rings. The Kier molecular flexibility index (Phi) is 2.49. The molecule has 0 atom stereocenters. The van der Waals surface area contributed by atoms with Gasteiger partial charge >= 0.3 is 0 Å². The summed E-state index contributed by atoms with van der Waals surface area (Å²) in [6.07, 6.45) is 0. The first-order valence-electron chi connectivity index (χ1n) is 2.92. The summed E-state index contributed by atoms with van der Waals surface area (Å²) in [6.45, 7) is 1.49. The lowest BCUT2D eigenvalue weighted by Gasteiger charge is -1.95. The van der Waals surface area contributed by atoms with Crippen molar-refractivity contribution in [1.82, 2.24) is 9.55 Å². The van der Waals surface area contributed by atoms with Crippen LogP contribution >= 0.6 is 31.9 Å². The van der Waals surface area contributed by atoms with Gasteiger partial charge in [0.05, 0.1) is 0 Å². The highest BCUT2D eigenvalue weighted by atomic mass is 79.9. The molecule has 0 aromatic carbocycles. The maximum absolute atomic E-state index is 10.9. The second-order valence-corrected chi connectivity index (χ2v) is 3.63. The van der Waals surface area contributed by atoms with E-state index < -0.39 is 0 Å². The average molecular weight is 282 g/mol. The molecule has 0 radical (unpaired) electrons. The van der Waals surface area contributed by atoms with Gasteiger partial charge in [-0.05, 0) is 31.9 Å². The van der Waals surface area contributed by atoms with Crippen LogP contribution in [0.15, 0.2) is 9.21 Å². The third-order valence-electron chi connectivity index (χ3n) is 1.30. The number of hydrogen-bond acceptors (Lipinski definition) is 2. The Labute approximate surface area is 81.1 Å². The Balaban J connectivity index is 3.29. The number of rotatable bonds is 1. The number of ketones is 1. The van der Waals surface area contributed by atoms with E-state index in [2.05, 4.69) is 36.8 Å². The number of halogens is 2. The van der Waals surface area contributed by atoms with E-state index in [0.29, 0.717) is 10.4 Å². The van der Waals surface area contributed by atoms with Crippen molar-refractivity contribution in [2.75, 3.05) is 0 Å². The van der Waals surface area contributed by atoms with Crippen molar-refractivity contribution in [3.63, 3.8) is 0 Å². The molecule has 0 amide bonds. The highest BCUT2D eigenvalue weighted by molar-refractivity contribution is 9.13. The van der Waals surface area contributed by atoms with Gasteiger partial charge in [0.2, 0.25) is 0 Å². The van der Waals surface area contributed by atoms with Gasteiger partial charge in [0.25, 0.3) is 0 Å². The molecule has 0 saturated carbocycles. The van der Waals surface area contributed by atoms with Gasteiger partial charge in [-0.3, -0.25) is 4.79 Å². The Bertz CT molecular complexity index is 306. The fourth-order valence-corrected chi connectivity index (χ4v) is 1.45. The van der Waals surface area contributed by atoms with Crippen molar-refractivity contribution in [1.29, 1.82) is 0 Å². The van der Waals surface area contributed by atoms with E-state index in [9.17, 15) is 4.79 Å². The predicted molar refractivity (Wildman–Crippen MR) is 48.6 cm³/mol. The van der Waals surface area contributed by atoms with Gasteiger partial charge in [-0.15, -0.1) is 0 Å². The molecule has 5 heteroatoms. The summed E-state index contributed by atoms with van der Waals surface area (Å²) in [7, 11) is 1.78. The van der Waals surface area contributed by atoms with Crippen molar-refractivity contribution < 1.29 is 4.79 Å². The van der Waals surface area contributed by atoms with Gasteiger partial charge in [-0.25, -0.2) is 4.98 Å². The van der Waals surface area contributed by atoms with Gasteiger partial charge < -0.3 is 4.57 Å². The monoisotopic (exact) mass is 280 g/mol. The van der Waals surface area contributed by atoms with Crippen LogP contribution in [-0.2, 0) is 7.05 Å². The predicted octanol–water partition coefficient (Wildman–Crippen LogP) is 2.15. The van der Waals surface area contributed by atoms with Crippen LogP contribution in [0.2, 0.25) is 0 Å². The van der Waals surface area contributed by atoms with E-state index in [1.807, 2.05) is 0 Å². The molecule has 0 aliphatic heterocycles. The zero-order valence-corrected chi connectivity index (χ0v) is 9.23. The first-order valence-corrected chi connectivity index (χ1v) is 4.51. The van der Waals surface area contributed by atoms with Crippen LogP contribution in [0.1, 0.15) is 17.5 Å². The fourth-order valence-electron chi connectivity index (χ4n) is 0.760. The molecule has 0 spiro atoms. The highest BCUT2D eigenvalue weighted by Gasteiger charge is 2.12. The molecule has 3 nitrogen and oxygen atoms in total. The second kappa shape index (κ2) is 3.06. The highest BCUT2D eigenvalue weighted by Crippen LogP contribution is 2.22. The smallest absolute Gasteiger partial charge is 0.195 e. The summed E-state index contributed by atoms with van der Waals surface area (Å²) < 4.78 is 3.12. The number of Topliss-reactive ketones (excluding diaryl/α,β-unsaturated/α-hetero) is 1. The summed E-state index contributed by atoms with van der Waals surface area (Å²) in [5.74, 6) is 0.405. The van der Waals surface area contributed by atoms with Gasteiger partial charge in [-0.1, -0.05) is 0 Å². The van der Waals surface area contributed by atoms with E-state index in [-0.39, 0.29) is 5.78 Å². The van der Waals surface area contributed by atoms with Crippen LogP contribution < -0.4 is 0 Å². The van der Waals surface area contributed by atoms with Crippen LogP contribution in [0.5, 0.6) is 0 Å².